The predicted molar refractivity (Wildman–Crippen MR) is 59.7 cm³/mol. The predicted octanol–water partition coefficient (Wildman–Crippen LogP) is 2.22. The minimum Gasteiger partial charge on any atom is -0.377 e. The number of anilines is 1. The van der Waals surface area contributed by atoms with Gasteiger partial charge in [0.05, 0.1) is 24.1 Å². The Kier molecular flexibility index (Phi) is 3.05. The molecule has 0 amide bonds. The van der Waals surface area contributed by atoms with E-state index in [1.54, 1.807) is 24.0 Å². The van der Waals surface area contributed by atoms with Crippen LogP contribution in [0, 0.1) is 5.82 Å². The number of rotatable bonds is 3. The second-order valence-electron chi connectivity index (χ2n) is 3.33. The van der Waals surface area contributed by atoms with Crippen molar-refractivity contribution in [2.75, 3.05) is 5.32 Å². The second-order valence-corrected chi connectivity index (χ2v) is 3.76. The van der Waals surface area contributed by atoms with Gasteiger partial charge in [-0.1, -0.05) is 16.8 Å². The summed E-state index contributed by atoms with van der Waals surface area (Å²) in [5.74, 6) is -0.334. The van der Waals surface area contributed by atoms with Crippen molar-refractivity contribution < 1.29 is 4.39 Å². The minimum atomic E-state index is -0.334. The summed E-state index contributed by atoms with van der Waals surface area (Å²) in [6, 6.07) is 4.38. The van der Waals surface area contributed by atoms with E-state index < -0.39 is 0 Å². The van der Waals surface area contributed by atoms with E-state index in [0.29, 0.717) is 17.3 Å². The SMILES string of the molecule is Cn1nncc1CNc1cc(Cl)ccc1F. The quantitative estimate of drug-likeness (QED) is 0.895. The lowest BCUT2D eigenvalue weighted by atomic mass is 10.3. The van der Waals surface area contributed by atoms with Gasteiger partial charge in [-0.15, -0.1) is 5.10 Å². The number of aryl methyl sites for hydroxylation is 1. The van der Waals surface area contributed by atoms with Crippen LogP contribution in [0.15, 0.2) is 24.4 Å². The third kappa shape index (κ3) is 2.30. The van der Waals surface area contributed by atoms with Crippen LogP contribution in [-0.4, -0.2) is 15.0 Å². The topological polar surface area (TPSA) is 42.7 Å². The summed E-state index contributed by atoms with van der Waals surface area (Å²) in [5.41, 5.74) is 1.23. The van der Waals surface area contributed by atoms with Crippen LogP contribution in [0.3, 0.4) is 0 Å². The van der Waals surface area contributed by atoms with E-state index in [0.717, 1.165) is 5.69 Å². The van der Waals surface area contributed by atoms with Crippen molar-refractivity contribution in [3.05, 3.63) is 40.9 Å². The van der Waals surface area contributed by atoms with Crippen LogP contribution in [0.1, 0.15) is 5.69 Å². The highest BCUT2D eigenvalue weighted by molar-refractivity contribution is 6.30. The van der Waals surface area contributed by atoms with Crippen LogP contribution in [0.25, 0.3) is 0 Å². The van der Waals surface area contributed by atoms with E-state index in [2.05, 4.69) is 15.6 Å². The van der Waals surface area contributed by atoms with Gasteiger partial charge >= 0.3 is 0 Å². The fraction of sp³-hybridized carbons (Fsp3) is 0.200. The monoisotopic (exact) mass is 240 g/mol. The molecule has 0 unspecified atom stereocenters. The first kappa shape index (κ1) is 10.9. The lowest BCUT2D eigenvalue weighted by molar-refractivity contribution is 0.628. The van der Waals surface area contributed by atoms with Crippen molar-refractivity contribution in [1.82, 2.24) is 15.0 Å². The molecule has 4 nitrogen and oxygen atoms in total. The summed E-state index contributed by atoms with van der Waals surface area (Å²) in [4.78, 5) is 0. The van der Waals surface area contributed by atoms with Crippen LogP contribution < -0.4 is 5.32 Å². The van der Waals surface area contributed by atoms with E-state index in [1.807, 2.05) is 0 Å². The summed E-state index contributed by atoms with van der Waals surface area (Å²) in [6.07, 6.45) is 1.62. The molecule has 0 bridgehead atoms. The molecule has 6 heteroatoms. The van der Waals surface area contributed by atoms with Gasteiger partial charge in [-0.05, 0) is 18.2 Å². The molecule has 16 heavy (non-hydrogen) atoms. The molecule has 1 heterocycles. The number of nitrogens with one attached hydrogen (secondary N) is 1. The number of halogens is 2. The smallest absolute Gasteiger partial charge is 0.146 e. The van der Waals surface area contributed by atoms with Crippen molar-refractivity contribution in [2.24, 2.45) is 7.05 Å². The lowest BCUT2D eigenvalue weighted by Crippen LogP contribution is -2.06. The summed E-state index contributed by atoms with van der Waals surface area (Å²) in [5, 5.41) is 10.9. The third-order valence-corrected chi connectivity index (χ3v) is 2.43. The Balaban J connectivity index is 2.10. The number of aromatic nitrogens is 3. The highest BCUT2D eigenvalue weighted by Gasteiger charge is 2.04. The Labute approximate surface area is 97.0 Å². The molecule has 84 valence electrons. The van der Waals surface area contributed by atoms with Gasteiger partial charge in [0, 0.05) is 12.1 Å². The molecule has 0 aliphatic rings. The van der Waals surface area contributed by atoms with Crippen molar-refractivity contribution in [1.29, 1.82) is 0 Å². The highest BCUT2D eigenvalue weighted by atomic mass is 35.5. The molecule has 0 radical (unpaired) electrons. The zero-order chi connectivity index (χ0) is 11.5. The van der Waals surface area contributed by atoms with Crippen molar-refractivity contribution in [2.45, 2.75) is 6.54 Å². The van der Waals surface area contributed by atoms with Gasteiger partial charge in [0.25, 0.3) is 0 Å². The fourth-order valence-electron chi connectivity index (χ4n) is 1.29. The van der Waals surface area contributed by atoms with E-state index in [9.17, 15) is 4.39 Å². The van der Waals surface area contributed by atoms with Gasteiger partial charge < -0.3 is 5.32 Å². The summed E-state index contributed by atoms with van der Waals surface area (Å²) in [7, 11) is 1.78. The Hall–Kier alpha value is -1.62. The van der Waals surface area contributed by atoms with E-state index in [4.69, 9.17) is 11.6 Å². The van der Waals surface area contributed by atoms with Gasteiger partial charge in [0.1, 0.15) is 5.82 Å². The normalized spacial score (nSPS) is 10.4. The molecular formula is C10H10ClFN4. The maximum Gasteiger partial charge on any atom is 0.146 e. The number of hydrogen-bond acceptors (Lipinski definition) is 3. The second kappa shape index (κ2) is 4.49. The minimum absolute atomic E-state index is 0.334. The molecule has 0 saturated heterocycles. The first-order valence-electron chi connectivity index (χ1n) is 4.69. The van der Waals surface area contributed by atoms with E-state index in [1.165, 1.54) is 12.1 Å². The van der Waals surface area contributed by atoms with Gasteiger partial charge in [-0.25, -0.2) is 4.39 Å². The number of nitrogens with zero attached hydrogens (tertiary/aromatic N) is 3. The average molecular weight is 241 g/mol. The number of hydrogen-bond donors (Lipinski definition) is 1. The van der Waals surface area contributed by atoms with Gasteiger partial charge in [0.15, 0.2) is 0 Å². The zero-order valence-electron chi connectivity index (χ0n) is 8.61. The van der Waals surface area contributed by atoms with Crippen molar-refractivity contribution >= 4 is 17.3 Å². The maximum absolute atomic E-state index is 13.3. The summed E-state index contributed by atoms with van der Waals surface area (Å²) < 4.78 is 15.0. The molecule has 0 atom stereocenters. The van der Waals surface area contributed by atoms with Crippen LogP contribution in [0.2, 0.25) is 5.02 Å². The molecule has 2 rings (SSSR count). The fourth-order valence-corrected chi connectivity index (χ4v) is 1.46. The third-order valence-electron chi connectivity index (χ3n) is 2.20. The van der Waals surface area contributed by atoms with Crippen molar-refractivity contribution in [3.63, 3.8) is 0 Å². The molecule has 1 aromatic carbocycles. The summed E-state index contributed by atoms with van der Waals surface area (Å²) >= 11 is 5.77. The largest absolute Gasteiger partial charge is 0.377 e. The molecule has 0 aliphatic heterocycles. The standard InChI is InChI=1S/C10H10ClFN4/c1-16-8(6-14-15-16)5-13-10-4-7(11)2-3-9(10)12/h2-4,6,13H,5H2,1H3. The molecule has 0 fully saturated rings. The molecule has 2 aromatic rings. The van der Waals surface area contributed by atoms with Crippen LogP contribution >= 0.6 is 11.6 Å². The Morgan fingerprint density at radius 3 is 3.00 bits per heavy atom. The average Bonchev–Trinajstić information content (AvgIpc) is 2.66. The van der Waals surface area contributed by atoms with Crippen LogP contribution in [0.4, 0.5) is 10.1 Å². The summed E-state index contributed by atoms with van der Waals surface area (Å²) in [6.45, 7) is 0.445. The van der Waals surface area contributed by atoms with Crippen LogP contribution in [-0.2, 0) is 13.6 Å². The van der Waals surface area contributed by atoms with Gasteiger partial charge in [-0.3, -0.25) is 4.68 Å². The first-order valence-corrected chi connectivity index (χ1v) is 5.07. The Bertz CT molecular complexity index is 497. The molecule has 0 aliphatic carbocycles. The molecule has 0 spiro atoms. The Morgan fingerprint density at radius 1 is 1.50 bits per heavy atom. The van der Waals surface area contributed by atoms with E-state index >= 15 is 0 Å². The zero-order valence-corrected chi connectivity index (χ0v) is 9.37. The van der Waals surface area contributed by atoms with Crippen molar-refractivity contribution in [3.8, 4) is 0 Å². The molecular weight excluding hydrogens is 231 g/mol. The first-order chi connectivity index (χ1) is 7.66. The lowest BCUT2D eigenvalue weighted by Gasteiger charge is -2.07. The molecule has 1 aromatic heterocycles. The van der Waals surface area contributed by atoms with Gasteiger partial charge in [-0.2, -0.15) is 0 Å². The highest BCUT2D eigenvalue weighted by Crippen LogP contribution is 2.19. The maximum atomic E-state index is 13.3. The molecule has 0 saturated carbocycles. The van der Waals surface area contributed by atoms with Crippen LogP contribution in [0.5, 0.6) is 0 Å². The van der Waals surface area contributed by atoms with Gasteiger partial charge in [0.2, 0.25) is 0 Å². The van der Waals surface area contributed by atoms with E-state index in [-0.39, 0.29) is 5.82 Å². The Morgan fingerprint density at radius 2 is 2.31 bits per heavy atom. The number of benzene rings is 1. The molecule has 1 N–H and O–H groups in total.